The fourth-order valence-corrected chi connectivity index (χ4v) is 4.35. The first-order valence-corrected chi connectivity index (χ1v) is 10.7. The van der Waals surface area contributed by atoms with Gasteiger partial charge >= 0.3 is 0 Å². The van der Waals surface area contributed by atoms with Gasteiger partial charge < -0.3 is 10.2 Å². The molecule has 7 nitrogen and oxygen atoms in total. The van der Waals surface area contributed by atoms with Gasteiger partial charge in [0.15, 0.2) is 0 Å². The highest BCUT2D eigenvalue weighted by Crippen LogP contribution is 2.20. The molecule has 25 heavy (non-hydrogen) atoms. The molecule has 0 unspecified atom stereocenters. The largest absolute Gasteiger partial charge is 0.357 e. The van der Waals surface area contributed by atoms with Crippen molar-refractivity contribution in [3.8, 4) is 0 Å². The predicted molar refractivity (Wildman–Crippen MR) is 96.7 cm³/mol. The number of pyridine rings is 1. The third-order valence-corrected chi connectivity index (χ3v) is 6.30. The highest BCUT2D eigenvalue weighted by molar-refractivity contribution is 7.88. The molecule has 0 aliphatic carbocycles. The molecule has 0 spiro atoms. The van der Waals surface area contributed by atoms with E-state index in [0.717, 1.165) is 24.5 Å². The zero-order valence-corrected chi connectivity index (χ0v) is 15.5. The number of carbonyl (C=O) groups excluding carboxylic acids is 1. The van der Waals surface area contributed by atoms with E-state index in [0.29, 0.717) is 32.5 Å². The topological polar surface area (TPSA) is 82.6 Å². The van der Waals surface area contributed by atoms with E-state index in [9.17, 15) is 13.2 Å². The number of nitrogens with zero attached hydrogens (tertiary/aromatic N) is 3. The minimum atomic E-state index is -3.15. The molecule has 8 heteroatoms. The van der Waals surface area contributed by atoms with Crippen molar-refractivity contribution in [2.75, 3.05) is 37.3 Å². The van der Waals surface area contributed by atoms with Crippen LogP contribution in [0.15, 0.2) is 18.3 Å². The van der Waals surface area contributed by atoms with Crippen LogP contribution in [0.1, 0.15) is 31.2 Å². The van der Waals surface area contributed by atoms with Crippen molar-refractivity contribution in [2.45, 2.75) is 32.2 Å². The summed E-state index contributed by atoms with van der Waals surface area (Å²) in [6.07, 6.45) is 6.57. The Kier molecular flexibility index (Phi) is 5.58. The Morgan fingerprint density at radius 2 is 1.92 bits per heavy atom. The Hall–Kier alpha value is -1.67. The van der Waals surface area contributed by atoms with Crippen LogP contribution in [0.2, 0.25) is 0 Å². The van der Waals surface area contributed by atoms with Crippen molar-refractivity contribution in [1.82, 2.24) is 14.6 Å². The maximum absolute atomic E-state index is 12.4. The van der Waals surface area contributed by atoms with Gasteiger partial charge in [-0.05, 0) is 43.4 Å². The Bertz CT molecular complexity index is 708. The lowest BCUT2D eigenvalue weighted by atomic mass is 9.97. The number of carbonyl (C=O) groups is 1. The average Bonchev–Trinajstić information content (AvgIpc) is 3.14. The number of rotatable bonds is 5. The summed E-state index contributed by atoms with van der Waals surface area (Å²) in [6.45, 7) is 3.41. The third-order valence-electron chi connectivity index (χ3n) is 5.00. The Labute approximate surface area is 149 Å². The summed E-state index contributed by atoms with van der Waals surface area (Å²) in [7, 11) is -3.15. The molecular formula is C17H26N4O3S. The molecule has 0 radical (unpaired) electrons. The SMILES string of the molecule is CS(=O)(=O)N1CCC(C(=O)NCc2ccnc(N3CCCC3)c2)CC1. The first-order valence-electron chi connectivity index (χ1n) is 8.86. The molecule has 1 amide bonds. The summed E-state index contributed by atoms with van der Waals surface area (Å²) in [6, 6.07) is 3.96. The molecule has 2 aliphatic heterocycles. The quantitative estimate of drug-likeness (QED) is 0.840. The van der Waals surface area contributed by atoms with Gasteiger partial charge in [-0.15, -0.1) is 0 Å². The van der Waals surface area contributed by atoms with Crippen molar-refractivity contribution < 1.29 is 13.2 Å². The van der Waals surface area contributed by atoms with Crippen LogP contribution in [0.5, 0.6) is 0 Å². The molecule has 3 rings (SSSR count). The van der Waals surface area contributed by atoms with Crippen LogP contribution in [0.4, 0.5) is 5.82 Å². The predicted octanol–water partition coefficient (Wildman–Crippen LogP) is 0.970. The molecule has 0 bridgehead atoms. The van der Waals surface area contributed by atoms with Crippen molar-refractivity contribution >= 4 is 21.7 Å². The van der Waals surface area contributed by atoms with Crippen LogP contribution in [0.25, 0.3) is 0 Å². The summed E-state index contributed by atoms with van der Waals surface area (Å²) in [5.41, 5.74) is 1.04. The summed E-state index contributed by atoms with van der Waals surface area (Å²) in [4.78, 5) is 19.1. The number of hydrogen-bond donors (Lipinski definition) is 1. The number of sulfonamides is 1. The van der Waals surface area contributed by atoms with Crippen LogP contribution >= 0.6 is 0 Å². The van der Waals surface area contributed by atoms with E-state index in [-0.39, 0.29) is 11.8 Å². The lowest BCUT2D eigenvalue weighted by Gasteiger charge is -2.29. The first-order chi connectivity index (χ1) is 11.9. The summed E-state index contributed by atoms with van der Waals surface area (Å²) < 4.78 is 24.5. The molecule has 0 atom stereocenters. The first kappa shape index (κ1) is 18.1. The van der Waals surface area contributed by atoms with E-state index in [2.05, 4.69) is 15.2 Å². The smallest absolute Gasteiger partial charge is 0.223 e. The van der Waals surface area contributed by atoms with Crippen molar-refractivity contribution in [3.05, 3.63) is 23.9 Å². The number of piperidine rings is 1. The van der Waals surface area contributed by atoms with E-state index in [4.69, 9.17) is 0 Å². The monoisotopic (exact) mass is 366 g/mol. The molecule has 2 saturated heterocycles. The molecule has 138 valence electrons. The third kappa shape index (κ3) is 4.70. The molecule has 0 saturated carbocycles. The number of hydrogen-bond acceptors (Lipinski definition) is 5. The Morgan fingerprint density at radius 3 is 2.56 bits per heavy atom. The van der Waals surface area contributed by atoms with E-state index < -0.39 is 10.0 Å². The molecule has 2 aliphatic rings. The van der Waals surface area contributed by atoms with Gasteiger partial charge in [-0.3, -0.25) is 4.79 Å². The normalized spacial score (nSPS) is 20.0. The van der Waals surface area contributed by atoms with Crippen LogP contribution in [0, 0.1) is 5.92 Å². The summed E-state index contributed by atoms with van der Waals surface area (Å²) in [5, 5.41) is 2.99. The molecule has 1 aromatic heterocycles. The zero-order chi connectivity index (χ0) is 17.9. The van der Waals surface area contributed by atoms with Crippen LogP contribution in [-0.4, -0.2) is 56.0 Å². The molecule has 1 aromatic rings. The molecule has 1 N–H and O–H groups in total. The number of nitrogens with one attached hydrogen (secondary N) is 1. The van der Waals surface area contributed by atoms with Gasteiger partial charge in [0.2, 0.25) is 15.9 Å². The lowest BCUT2D eigenvalue weighted by Crippen LogP contribution is -2.42. The summed E-state index contributed by atoms with van der Waals surface area (Å²) >= 11 is 0. The molecular weight excluding hydrogens is 340 g/mol. The van der Waals surface area contributed by atoms with Gasteiger partial charge in [-0.2, -0.15) is 0 Å². The fraction of sp³-hybridized carbons (Fsp3) is 0.647. The van der Waals surface area contributed by atoms with E-state index in [1.54, 1.807) is 6.20 Å². The van der Waals surface area contributed by atoms with Gasteiger partial charge in [-0.25, -0.2) is 17.7 Å². The van der Waals surface area contributed by atoms with Gasteiger partial charge in [0.25, 0.3) is 0 Å². The Morgan fingerprint density at radius 1 is 1.24 bits per heavy atom. The van der Waals surface area contributed by atoms with Gasteiger partial charge in [0.1, 0.15) is 5.82 Å². The van der Waals surface area contributed by atoms with Crippen LogP contribution in [-0.2, 0) is 21.4 Å². The second kappa shape index (κ2) is 7.70. The number of amides is 1. The van der Waals surface area contributed by atoms with Crippen molar-refractivity contribution in [2.24, 2.45) is 5.92 Å². The van der Waals surface area contributed by atoms with E-state index in [1.807, 2.05) is 12.1 Å². The van der Waals surface area contributed by atoms with E-state index in [1.165, 1.54) is 23.4 Å². The number of aromatic nitrogens is 1. The standard InChI is InChI=1S/C17H26N4O3S/c1-25(23,24)21-10-5-15(6-11-21)17(22)19-13-14-4-7-18-16(12-14)20-8-2-3-9-20/h4,7,12,15H,2-3,5-6,8-11,13H2,1H3,(H,19,22). The maximum atomic E-state index is 12.4. The summed E-state index contributed by atoms with van der Waals surface area (Å²) in [5.74, 6) is 0.872. The van der Waals surface area contributed by atoms with Crippen LogP contribution < -0.4 is 10.2 Å². The van der Waals surface area contributed by atoms with Gasteiger partial charge in [0.05, 0.1) is 6.26 Å². The number of anilines is 1. The zero-order valence-electron chi connectivity index (χ0n) is 14.6. The minimum Gasteiger partial charge on any atom is -0.357 e. The molecule has 2 fully saturated rings. The van der Waals surface area contributed by atoms with Crippen molar-refractivity contribution in [1.29, 1.82) is 0 Å². The lowest BCUT2D eigenvalue weighted by molar-refractivity contribution is -0.126. The Balaban J connectivity index is 1.50. The van der Waals surface area contributed by atoms with E-state index >= 15 is 0 Å². The maximum Gasteiger partial charge on any atom is 0.223 e. The van der Waals surface area contributed by atoms with Gasteiger partial charge in [0, 0.05) is 44.8 Å². The highest BCUT2D eigenvalue weighted by Gasteiger charge is 2.28. The average molecular weight is 366 g/mol. The second-order valence-electron chi connectivity index (χ2n) is 6.87. The molecule has 3 heterocycles. The fourth-order valence-electron chi connectivity index (χ4n) is 3.47. The highest BCUT2D eigenvalue weighted by atomic mass is 32.2. The second-order valence-corrected chi connectivity index (χ2v) is 8.85. The van der Waals surface area contributed by atoms with Crippen molar-refractivity contribution in [3.63, 3.8) is 0 Å². The van der Waals surface area contributed by atoms with Gasteiger partial charge in [-0.1, -0.05) is 0 Å². The van der Waals surface area contributed by atoms with Crippen LogP contribution in [0.3, 0.4) is 0 Å². The minimum absolute atomic E-state index is 0.00712. The molecule has 0 aromatic carbocycles.